The predicted octanol–water partition coefficient (Wildman–Crippen LogP) is 2.66. The first-order valence-corrected chi connectivity index (χ1v) is 7.44. The number of hydrogen-bond acceptors (Lipinski definition) is 3. The summed E-state index contributed by atoms with van der Waals surface area (Å²) in [4.78, 5) is 2.42. The molecule has 1 aliphatic heterocycles. The molecule has 1 fully saturated rings. The van der Waals surface area contributed by atoms with E-state index >= 15 is 0 Å². The molecule has 1 aliphatic rings. The van der Waals surface area contributed by atoms with Crippen LogP contribution in [0.4, 0.5) is 5.69 Å². The second kappa shape index (κ2) is 7.13. The highest BCUT2D eigenvalue weighted by molar-refractivity contribution is 6.30. The van der Waals surface area contributed by atoms with Gasteiger partial charge >= 0.3 is 0 Å². The summed E-state index contributed by atoms with van der Waals surface area (Å²) < 4.78 is 0. The maximum atomic E-state index is 8.93. The minimum absolute atomic E-state index is 0.0469. The summed E-state index contributed by atoms with van der Waals surface area (Å²) in [7, 11) is 0. The van der Waals surface area contributed by atoms with Crippen molar-refractivity contribution in [3.05, 3.63) is 29.3 Å². The summed E-state index contributed by atoms with van der Waals surface area (Å²) >= 11 is 5.91. The molecule has 1 aromatic carbocycles. The monoisotopic (exact) mass is 282 g/mol. The summed E-state index contributed by atoms with van der Waals surface area (Å²) in [6.45, 7) is 2.30. The first-order valence-electron chi connectivity index (χ1n) is 7.06. The van der Waals surface area contributed by atoms with Crippen LogP contribution in [-0.2, 0) is 0 Å². The van der Waals surface area contributed by atoms with Gasteiger partial charge in [0.2, 0.25) is 0 Å². The van der Waals surface area contributed by atoms with Crippen molar-refractivity contribution in [2.24, 2.45) is 11.7 Å². The van der Waals surface area contributed by atoms with Crippen molar-refractivity contribution >= 4 is 17.3 Å². The van der Waals surface area contributed by atoms with Crippen LogP contribution in [0.2, 0.25) is 5.02 Å². The fourth-order valence-electron chi connectivity index (χ4n) is 2.67. The van der Waals surface area contributed by atoms with Crippen LogP contribution < -0.4 is 10.6 Å². The summed E-state index contributed by atoms with van der Waals surface area (Å²) in [5, 5.41) is 9.72. The molecule has 1 saturated heterocycles. The molecule has 106 valence electrons. The molecular weight excluding hydrogens is 260 g/mol. The lowest BCUT2D eigenvalue weighted by atomic mass is 9.90. The Labute approximate surface area is 120 Å². The average Bonchev–Trinajstić information content (AvgIpc) is 2.46. The third-order valence-corrected chi connectivity index (χ3v) is 4.24. The van der Waals surface area contributed by atoms with E-state index in [2.05, 4.69) is 17.0 Å². The van der Waals surface area contributed by atoms with E-state index in [1.807, 2.05) is 12.1 Å². The van der Waals surface area contributed by atoms with Crippen molar-refractivity contribution in [3.8, 4) is 0 Å². The highest BCUT2D eigenvalue weighted by Crippen LogP contribution is 2.27. The van der Waals surface area contributed by atoms with Gasteiger partial charge in [0.25, 0.3) is 0 Å². The van der Waals surface area contributed by atoms with Crippen LogP contribution in [0.3, 0.4) is 0 Å². The van der Waals surface area contributed by atoms with Crippen LogP contribution in [0.25, 0.3) is 0 Å². The molecule has 0 amide bonds. The Morgan fingerprint density at radius 1 is 1.26 bits per heavy atom. The third kappa shape index (κ3) is 4.37. The number of halogens is 1. The van der Waals surface area contributed by atoms with Crippen molar-refractivity contribution < 1.29 is 5.11 Å². The number of nitrogens with two attached hydrogens (primary N) is 1. The van der Waals surface area contributed by atoms with Gasteiger partial charge in [-0.1, -0.05) is 11.6 Å². The first-order chi connectivity index (χ1) is 9.19. The number of aliphatic hydroxyl groups is 1. The molecule has 1 heterocycles. The van der Waals surface area contributed by atoms with Gasteiger partial charge in [-0.3, -0.25) is 0 Å². The smallest absolute Gasteiger partial charge is 0.0582 e. The van der Waals surface area contributed by atoms with E-state index in [1.165, 1.54) is 18.5 Å². The van der Waals surface area contributed by atoms with Gasteiger partial charge in [-0.15, -0.1) is 0 Å². The van der Waals surface area contributed by atoms with Gasteiger partial charge < -0.3 is 15.7 Å². The molecule has 3 N–H and O–H groups in total. The standard InChI is InChI=1S/C15H23ClN2O/c16-13-2-5-15(6-3-13)18-9-7-12(8-10-18)1-4-14(17)11-19/h2-3,5-6,12,14,19H,1,4,7-11,17H2. The van der Waals surface area contributed by atoms with Gasteiger partial charge in [0.05, 0.1) is 6.61 Å². The lowest BCUT2D eigenvalue weighted by Gasteiger charge is -2.34. The fraction of sp³-hybridized carbons (Fsp3) is 0.600. The summed E-state index contributed by atoms with van der Waals surface area (Å²) in [5.74, 6) is 0.751. The Bertz CT molecular complexity index is 374. The van der Waals surface area contributed by atoms with E-state index in [9.17, 15) is 0 Å². The fourth-order valence-corrected chi connectivity index (χ4v) is 2.80. The zero-order chi connectivity index (χ0) is 13.7. The van der Waals surface area contributed by atoms with E-state index < -0.39 is 0 Å². The van der Waals surface area contributed by atoms with Crippen molar-refractivity contribution in [1.82, 2.24) is 0 Å². The average molecular weight is 283 g/mol. The minimum Gasteiger partial charge on any atom is -0.395 e. The SMILES string of the molecule is NC(CO)CCC1CCN(c2ccc(Cl)cc2)CC1. The predicted molar refractivity (Wildman–Crippen MR) is 80.7 cm³/mol. The zero-order valence-corrected chi connectivity index (χ0v) is 12.0. The van der Waals surface area contributed by atoms with E-state index in [1.54, 1.807) is 0 Å². The number of piperidine rings is 1. The van der Waals surface area contributed by atoms with Gasteiger partial charge in [-0.25, -0.2) is 0 Å². The molecule has 1 unspecified atom stereocenters. The molecule has 4 heteroatoms. The molecule has 0 aliphatic carbocycles. The first kappa shape index (κ1) is 14.6. The lowest BCUT2D eigenvalue weighted by Crippen LogP contribution is -2.34. The molecule has 0 saturated carbocycles. The van der Waals surface area contributed by atoms with Gasteiger partial charge in [0.15, 0.2) is 0 Å². The topological polar surface area (TPSA) is 49.5 Å². The molecule has 1 aromatic rings. The van der Waals surface area contributed by atoms with Crippen LogP contribution in [0.15, 0.2) is 24.3 Å². The van der Waals surface area contributed by atoms with Crippen LogP contribution in [0.5, 0.6) is 0 Å². The Balaban J connectivity index is 1.77. The van der Waals surface area contributed by atoms with Crippen molar-refractivity contribution in [1.29, 1.82) is 0 Å². The lowest BCUT2D eigenvalue weighted by molar-refractivity contribution is 0.247. The van der Waals surface area contributed by atoms with Gasteiger partial charge in [0.1, 0.15) is 0 Å². The number of rotatable bonds is 5. The van der Waals surface area contributed by atoms with E-state index in [-0.39, 0.29) is 12.6 Å². The molecule has 19 heavy (non-hydrogen) atoms. The van der Waals surface area contributed by atoms with E-state index in [4.69, 9.17) is 22.4 Å². The largest absolute Gasteiger partial charge is 0.395 e. The van der Waals surface area contributed by atoms with Gasteiger partial charge in [-0.05, 0) is 55.9 Å². The van der Waals surface area contributed by atoms with Gasteiger partial charge in [-0.2, -0.15) is 0 Å². The van der Waals surface area contributed by atoms with Gasteiger partial charge in [0, 0.05) is 29.8 Å². The number of benzene rings is 1. The number of anilines is 1. The second-order valence-corrected chi connectivity index (χ2v) is 5.86. The normalized spacial score (nSPS) is 18.6. The summed E-state index contributed by atoms with van der Waals surface area (Å²) in [6.07, 6.45) is 4.49. The van der Waals surface area contributed by atoms with Crippen molar-refractivity contribution in [3.63, 3.8) is 0 Å². The third-order valence-electron chi connectivity index (χ3n) is 3.99. The van der Waals surface area contributed by atoms with Crippen molar-refractivity contribution in [2.75, 3.05) is 24.6 Å². The van der Waals surface area contributed by atoms with E-state index in [0.717, 1.165) is 36.9 Å². The molecule has 0 spiro atoms. The van der Waals surface area contributed by atoms with Crippen molar-refractivity contribution in [2.45, 2.75) is 31.7 Å². The highest BCUT2D eigenvalue weighted by atomic mass is 35.5. The minimum atomic E-state index is -0.0469. The van der Waals surface area contributed by atoms with Crippen LogP contribution in [0.1, 0.15) is 25.7 Å². The number of aliphatic hydroxyl groups excluding tert-OH is 1. The van der Waals surface area contributed by atoms with E-state index in [0.29, 0.717) is 0 Å². The molecule has 2 rings (SSSR count). The summed E-state index contributed by atoms with van der Waals surface area (Å²) in [5.41, 5.74) is 7.01. The van der Waals surface area contributed by atoms with Crippen LogP contribution >= 0.6 is 11.6 Å². The number of hydrogen-bond donors (Lipinski definition) is 2. The van der Waals surface area contributed by atoms with Crippen LogP contribution in [-0.4, -0.2) is 30.8 Å². The molecule has 0 bridgehead atoms. The Kier molecular flexibility index (Phi) is 5.49. The quantitative estimate of drug-likeness (QED) is 0.873. The number of nitrogens with zero attached hydrogens (tertiary/aromatic N) is 1. The summed E-state index contributed by atoms with van der Waals surface area (Å²) in [6, 6.07) is 8.02. The maximum absolute atomic E-state index is 8.93. The molecule has 3 nitrogen and oxygen atoms in total. The molecule has 0 aromatic heterocycles. The molecule has 1 atom stereocenters. The highest BCUT2D eigenvalue weighted by Gasteiger charge is 2.19. The Hall–Kier alpha value is -0.770. The Morgan fingerprint density at radius 3 is 2.47 bits per heavy atom. The maximum Gasteiger partial charge on any atom is 0.0582 e. The van der Waals surface area contributed by atoms with Crippen LogP contribution in [0, 0.1) is 5.92 Å². The second-order valence-electron chi connectivity index (χ2n) is 5.43. The molecule has 0 radical (unpaired) electrons. The zero-order valence-electron chi connectivity index (χ0n) is 11.3. The molecular formula is C15H23ClN2O. The Morgan fingerprint density at radius 2 is 1.89 bits per heavy atom.